The Labute approximate surface area is 87.2 Å². The van der Waals surface area contributed by atoms with E-state index in [1.54, 1.807) is 4.57 Å². The number of fused-ring (bicyclic) bond motifs is 1. The molecule has 0 unspecified atom stereocenters. The minimum Gasteiger partial charge on any atom is -0.480 e. The topological polar surface area (TPSA) is 55.1 Å². The lowest BCUT2D eigenvalue weighted by molar-refractivity contribution is -0.137. The molecule has 0 atom stereocenters. The van der Waals surface area contributed by atoms with Crippen molar-refractivity contribution in [2.45, 2.75) is 20.4 Å². The number of carboxylic acids is 1. The number of carbonyl (C=O) groups is 1. The molecule has 1 aromatic carbocycles. The molecule has 78 valence electrons. The maximum absolute atomic E-state index is 10.7. The molecule has 0 spiro atoms. The number of aryl methyl sites for hydroxylation is 2. The highest BCUT2D eigenvalue weighted by molar-refractivity contribution is 5.79. The third kappa shape index (κ3) is 1.70. The molecule has 0 fully saturated rings. The Morgan fingerprint density at radius 2 is 2.20 bits per heavy atom. The molecule has 1 aromatic heterocycles. The van der Waals surface area contributed by atoms with Gasteiger partial charge in [0.25, 0.3) is 0 Å². The fraction of sp³-hybridized carbons (Fsp3) is 0.273. The first-order chi connectivity index (χ1) is 7.08. The Hall–Kier alpha value is -1.84. The third-order valence-corrected chi connectivity index (χ3v) is 2.39. The van der Waals surface area contributed by atoms with Crippen molar-refractivity contribution >= 4 is 17.0 Å². The molecular weight excluding hydrogens is 192 g/mol. The van der Waals surface area contributed by atoms with E-state index in [0.717, 1.165) is 22.4 Å². The first-order valence-electron chi connectivity index (χ1n) is 4.73. The number of rotatable bonds is 2. The van der Waals surface area contributed by atoms with E-state index in [0.29, 0.717) is 0 Å². The van der Waals surface area contributed by atoms with E-state index in [1.807, 2.05) is 32.0 Å². The number of imidazole rings is 1. The predicted molar refractivity (Wildman–Crippen MR) is 56.8 cm³/mol. The van der Waals surface area contributed by atoms with Crippen LogP contribution in [0.1, 0.15) is 11.4 Å². The summed E-state index contributed by atoms with van der Waals surface area (Å²) in [6.07, 6.45) is 0. The highest BCUT2D eigenvalue weighted by atomic mass is 16.4. The molecule has 0 aliphatic carbocycles. The van der Waals surface area contributed by atoms with Crippen molar-refractivity contribution in [3.05, 3.63) is 29.6 Å². The summed E-state index contributed by atoms with van der Waals surface area (Å²) in [7, 11) is 0. The predicted octanol–water partition coefficient (Wildman–Crippen LogP) is 1.74. The van der Waals surface area contributed by atoms with E-state index in [1.165, 1.54) is 0 Å². The van der Waals surface area contributed by atoms with Crippen molar-refractivity contribution in [1.82, 2.24) is 9.55 Å². The second-order valence-electron chi connectivity index (χ2n) is 3.63. The monoisotopic (exact) mass is 204 g/mol. The number of carboxylic acid groups (broad SMARTS) is 1. The van der Waals surface area contributed by atoms with E-state index in [2.05, 4.69) is 4.98 Å². The Bertz CT molecular complexity index is 529. The van der Waals surface area contributed by atoms with Gasteiger partial charge in [0.1, 0.15) is 12.4 Å². The second kappa shape index (κ2) is 3.38. The van der Waals surface area contributed by atoms with Gasteiger partial charge in [-0.05, 0) is 31.5 Å². The standard InChI is InChI=1S/C11H12N2O2/c1-7-3-4-10-9(5-7)12-8(2)13(10)6-11(14)15/h3-5H,6H2,1-2H3,(H,14,15). The molecule has 0 saturated heterocycles. The molecule has 2 aromatic rings. The summed E-state index contributed by atoms with van der Waals surface area (Å²) in [6, 6.07) is 5.83. The van der Waals surface area contributed by atoms with E-state index < -0.39 is 5.97 Å². The maximum Gasteiger partial charge on any atom is 0.323 e. The highest BCUT2D eigenvalue weighted by Gasteiger charge is 2.09. The molecule has 0 aliphatic heterocycles. The van der Waals surface area contributed by atoms with Gasteiger partial charge in [-0.1, -0.05) is 6.07 Å². The van der Waals surface area contributed by atoms with Crippen LogP contribution in [-0.2, 0) is 11.3 Å². The van der Waals surface area contributed by atoms with E-state index in [9.17, 15) is 4.79 Å². The molecular formula is C11H12N2O2. The molecule has 2 rings (SSSR count). The molecule has 0 saturated carbocycles. The minimum atomic E-state index is -0.849. The Morgan fingerprint density at radius 3 is 2.87 bits per heavy atom. The van der Waals surface area contributed by atoms with Crippen LogP contribution in [0.5, 0.6) is 0 Å². The quantitative estimate of drug-likeness (QED) is 0.810. The van der Waals surface area contributed by atoms with Gasteiger partial charge in [-0.15, -0.1) is 0 Å². The lowest BCUT2D eigenvalue weighted by atomic mass is 10.2. The van der Waals surface area contributed by atoms with Crippen LogP contribution in [0.25, 0.3) is 11.0 Å². The van der Waals surface area contributed by atoms with Gasteiger partial charge < -0.3 is 9.67 Å². The number of benzene rings is 1. The van der Waals surface area contributed by atoms with Crippen LogP contribution in [0.2, 0.25) is 0 Å². The van der Waals surface area contributed by atoms with Crippen LogP contribution >= 0.6 is 0 Å². The summed E-state index contributed by atoms with van der Waals surface area (Å²) in [6.45, 7) is 3.77. The first kappa shape index (κ1) is 9.71. The minimum absolute atomic E-state index is 0.0363. The highest BCUT2D eigenvalue weighted by Crippen LogP contribution is 2.17. The average molecular weight is 204 g/mol. The van der Waals surface area contributed by atoms with Crippen molar-refractivity contribution < 1.29 is 9.90 Å². The SMILES string of the molecule is Cc1ccc2c(c1)nc(C)n2CC(=O)O. The molecule has 1 heterocycles. The maximum atomic E-state index is 10.7. The summed E-state index contributed by atoms with van der Waals surface area (Å²) in [5.41, 5.74) is 2.86. The molecule has 15 heavy (non-hydrogen) atoms. The largest absolute Gasteiger partial charge is 0.480 e. The van der Waals surface area contributed by atoms with Crippen molar-refractivity contribution in [3.8, 4) is 0 Å². The molecule has 4 nitrogen and oxygen atoms in total. The van der Waals surface area contributed by atoms with E-state index in [4.69, 9.17) is 5.11 Å². The zero-order valence-electron chi connectivity index (χ0n) is 8.69. The number of aliphatic carboxylic acids is 1. The van der Waals surface area contributed by atoms with Crippen LogP contribution in [-0.4, -0.2) is 20.6 Å². The van der Waals surface area contributed by atoms with Gasteiger partial charge >= 0.3 is 5.97 Å². The van der Waals surface area contributed by atoms with Gasteiger partial charge in [0, 0.05) is 0 Å². The smallest absolute Gasteiger partial charge is 0.323 e. The Balaban J connectivity index is 2.63. The van der Waals surface area contributed by atoms with Crippen molar-refractivity contribution in [1.29, 1.82) is 0 Å². The van der Waals surface area contributed by atoms with E-state index in [-0.39, 0.29) is 6.54 Å². The van der Waals surface area contributed by atoms with E-state index >= 15 is 0 Å². The summed E-state index contributed by atoms with van der Waals surface area (Å²) < 4.78 is 1.71. The lowest BCUT2D eigenvalue weighted by Gasteiger charge is -2.02. The number of aromatic nitrogens is 2. The van der Waals surface area contributed by atoms with Gasteiger partial charge in [-0.3, -0.25) is 4.79 Å². The molecule has 0 radical (unpaired) electrons. The van der Waals surface area contributed by atoms with Crippen molar-refractivity contribution in [2.75, 3.05) is 0 Å². The number of hydrogen-bond donors (Lipinski definition) is 1. The summed E-state index contributed by atoms with van der Waals surface area (Å²) in [5.74, 6) is -0.115. The zero-order valence-corrected chi connectivity index (χ0v) is 8.69. The normalized spacial score (nSPS) is 10.8. The fourth-order valence-corrected chi connectivity index (χ4v) is 1.70. The Morgan fingerprint density at radius 1 is 1.47 bits per heavy atom. The molecule has 0 aliphatic rings. The lowest BCUT2D eigenvalue weighted by Crippen LogP contribution is -2.09. The van der Waals surface area contributed by atoms with Gasteiger partial charge in [-0.25, -0.2) is 4.98 Å². The van der Waals surface area contributed by atoms with Crippen LogP contribution in [0.3, 0.4) is 0 Å². The molecule has 1 N–H and O–H groups in total. The zero-order chi connectivity index (χ0) is 11.0. The molecule has 0 amide bonds. The summed E-state index contributed by atoms with van der Waals surface area (Å²) in [5, 5.41) is 8.78. The van der Waals surface area contributed by atoms with Gasteiger partial charge in [0.2, 0.25) is 0 Å². The molecule has 4 heteroatoms. The van der Waals surface area contributed by atoms with Crippen LogP contribution < -0.4 is 0 Å². The number of hydrogen-bond acceptors (Lipinski definition) is 2. The van der Waals surface area contributed by atoms with Crippen LogP contribution in [0.15, 0.2) is 18.2 Å². The van der Waals surface area contributed by atoms with Gasteiger partial charge in [0.05, 0.1) is 11.0 Å². The third-order valence-electron chi connectivity index (χ3n) is 2.39. The van der Waals surface area contributed by atoms with Crippen LogP contribution in [0, 0.1) is 13.8 Å². The van der Waals surface area contributed by atoms with Crippen molar-refractivity contribution in [3.63, 3.8) is 0 Å². The Kier molecular flexibility index (Phi) is 2.19. The second-order valence-corrected chi connectivity index (χ2v) is 3.63. The van der Waals surface area contributed by atoms with Gasteiger partial charge in [-0.2, -0.15) is 0 Å². The summed E-state index contributed by atoms with van der Waals surface area (Å²) in [4.78, 5) is 15.0. The first-order valence-corrected chi connectivity index (χ1v) is 4.73. The fourth-order valence-electron chi connectivity index (χ4n) is 1.70. The summed E-state index contributed by atoms with van der Waals surface area (Å²) >= 11 is 0. The van der Waals surface area contributed by atoms with Crippen LogP contribution in [0.4, 0.5) is 0 Å². The molecule has 0 bridgehead atoms. The van der Waals surface area contributed by atoms with Gasteiger partial charge in [0.15, 0.2) is 0 Å². The number of nitrogens with zero attached hydrogens (tertiary/aromatic N) is 2. The van der Waals surface area contributed by atoms with Crippen molar-refractivity contribution in [2.24, 2.45) is 0 Å². The average Bonchev–Trinajstić information content (AvgIpc) is 2.41.